The molecule has 0 unspecified atom stereocenters. The minimum Gasteiger partial charge on any atom is -0.363 e. The van der Waals surface area contributed by atoms with Gasteiger partial charge in [0.05, 0.1) is 12.7 Å². The topological polar surface area (TPSA) is 68.0 Å². The Kier molecular flexibility index (Phi) is 3.82. The maximum Gasteiger partial charge on any atom is 0.162 e. The zero-order valence-corrected chi connectivity index (χ0v) is 14.8. The summed E-state index contributed by atoms with van der Waals surface area (Å²) < 4.78 is 1.78. The summed E-state index contributed by atoms with van der Waals surface area (Å²) in [7, 11) is 0. The Hall–Kier alpha value is -2.25. The van der Waals surface area contributed by atoms with E-state index in [0.29, 0.717) is 17.6 Å². The lowest BCUT2D eigenvalue weighted by Gasteiger charge is -2.08. The molecule has 0 aliphatic carbocycles. The van der Waals surface area contributed by atoms with Gasteiger partial charge in [-0.2, -0.15) is 9.61 Å². The number of halogens is 1. The molecule has 4 rings (SSSR count). The first-order valence-corrected chi connectivity index (χ1v) is 8.80. The molecule has 0 saturated heterocycles. The van der Waals surface area contributed by atoms with Gasteiger partial charge in [0.25, 0.3) is 0 Å². The van der Waals surface area contributed by atoms with Crippen LogP contribution in [-0.2, 0) is 6.54 Å². The SMILES string of the molecule is CC(C)c1cnn2c(NCc3nc4cccnc4s3)cc(Cl)nc12. The lowest BCUT2D eigenvalue weighted by Crippen LogP contribution is -2.06. The highest BCUT2D eigenvalue weighted by Gasteiger charge is 2.13. The van der Waals surface area contributed by atoms with E-state index in [2.05, 4.69) is 39.2 Å². The van der Waals surface area contributed by atoms with Gasteiger partial charge in [0.2, 0.25) is 0 Å². The highest BCUT2D eigenvalue weighted by molar-refractivity contribution is 7.18. The Labute approximate surface area is 147 Å². The minimum atomic E-state index is 0.330. The van der Waals surface area contributed by atoms with Crippen molar-refractivity contribution >= 4 is 44.7 Å². The Morgan fingerprint density at radius 2 is 2.21 bits per heavy atom. The van der Waals surface area contributed by atoms with E-state index in [1.807, 2.05) is 18.3 Å². The van der Waals surface area contributed by atoms with E-state index in [4.69, 9.17) is 11.6 Å². The summed E-state index contributed by atoms with van der Waals surface area (Å²) in [5, 5.41) is 9.20. The molecular formula is C16H15ClN6S. The van der Waals surface area contributed by atoms with Crippen molar-refractivity contribution in [2.75, 3.05) is 5.32 Å². The van der Waals surface area contributed by atoms with Gasteiger partial charge in [-0.25, -0.2) is 15.0 Å². The standard InChI is InChI=1S/C16H15ClN6S/c1-9(2)10-7-20-23-13(6-12(17)22-15(10)23)19-8-14-21-11-4-3-5-18-16(11)24-14/h3-7,9,19H,8H2,1-2H3. The number of thiazole rings is 1. The molecule has 0 fully saturated rings. The van der Waals surface area contributed by atoms with Crippen LogP contribution in [0.25, 0.3) is 16.0 Å². The van der Waals surface area contributed by atoms with Crippen LogP contribution in [-0.4, -0.2) is 24.6 Å². The van der Waals surface area contributed by atoms with Crippen molar-refractivity contribution in [3.63, 3.8) is 0 Å². The van der Waals surface area contributed by atoms with Gasteiger partial charge in [0.15, 0.2) is 5.65 Å². The summed E-state index contributed by atoms with van der Waals surface area (Å²) >= 11 is 7.76. The number of nitrogens with one attached hydrogen (secondary N) is 1. The zero-order chi connectivity index (χ0) is 16.7. The minimum absolute atomic E-state index is 0.330. The van der Waals surface area contributed by atoms with E-state index in [0.717, 1.165) is 32.4 Å². The molecule has 0 aromatic carbocycles. The van der Waals surface area contributed by atoms with Crippen molar-refractivity contribution in [3.8, 4) is 0 Å². The quantitative estimate of drug-likeness (QED) is 0.556. The Balaban J connectivity index is 1.66. The van der Waals surface area contributed by atoms with Crippen LogP contribution in [0.15, 0.2) is 30.6 Å². The van der Waals surface area contributed by atoms with Crippen molar-refractivity contribution < 1.29 is 0 Å². The van der Waals surface area contributed by atoms with Gasteiger partial charge in [-0.15, -0.1) is 0 Å². The van der Waals surface area contributed by atoms with E-state index >= 15 is 0 Å². The van der Waals surface area contributed by atoms with Crippen molar-refractivity contribution in [1.29, 1.82) is 0 Å². The molecule has 0 saturated carbocycles. The average Bonchev–Trinajstić information content (AvgIpc) is 3.15. The molecule has 8 heteroatoms. The highest BCUT2D eigenvalue weighted by Crippen LogP contribution is 2.25. The third-order valence-corrected chi connectivity index (χ3v) is 4.89. The van der Waals surface area contributed by atoms with Gasteiger partial charge in [-0.05, 0) is 18.1 Å². The molecule has 0 bridgehead atoms. The van der Waals surface area contributed by atoms with Crippen LogP contribution < -0.4 is 5.32 Å². The van der Waals surface area contributed by atoms with Gasteiger partial charge in [0.1, 0.15) is 26.3 Å². The third-order valence-electron chi connectivity index (χ3n) is 3.72. The van der Waals surface area contributed by atoms with Gasteiger partial charge >= 0.3 is 0 Å². The van der Waals surface area contributed by atoms with E-state index in [-0.39, 0.29) is 0 Å². The lowest BCUT2D eigenvalue weighted by molar-refractivity contribution is 0.871. The van der Waals surface area contributed by atoms with Crippen molar-refractivity contribution in [3.05, 3.63) is 46.3 Å². The van der Waals surface area contributed by atoms with Crippen LogP contribution in [0.2, 0.25) is 5.15 Å². The van der Waals surface area contributed by atoms with Crippen molar-refractivity contribution in [2.45, 2.75) is 26.3 Å². The molecule has 4 aromatic rings. The molecule has 0 amide bonds. The number of aromatic nitrogens is 5. The molecule has 4 heterocycles. The third kappa shape index (κ3) is 2.70. The average molecular weight is 359 g/mol. The molecule has 0 aliphatic rings. The maximum atomic E-state index is 6.19. The molecule has 1 N–H and O–H groups in total. The summed E-state index contributed by atoms with van der Waals surface area (Å²) in [4.78, 5) is 14.3. The Morgan fingerprint density at radius 1 is 1.33 bits per heavy atom. The van der Waals surface area contributed by atoms with Crippen LogP contribution in [0, 0.1) is 0 Å². The first-order chi connectivity index (χ1) is 11.6. The fourth-order valence-corrected chi connectivity index (χ4v) is 3.57. The maximum absolute atomic E-state index is 6.19. The van der Waals surface area contributed by atoms with Gasteiger partial charge in [-0.1, -0.05) is 36.8 Å². The van der Waals surface area contributed by atoms with E-state index in [9.17, 15) is 0 Å². The highest BCUT2D eigenvalue weighted by atomic mass is 35.5. The smallest absolute Gasteiger partial charge is 0.162 e. The number of hydrogen-bond acceptors (Lipinski definition) is 6. The van der Waals surface area contributed by atoms with Crippen LogP contribution in [0.1, 0.15) is 30.3 Å². The summed E-state index contributed by atoms with van der Waals surface area (Å²) in [5.74, 6) is 1.13. The summed E-state index contributed by atoms with van der Waals surface area (Å²) in [6.45, 7) is 4.80. The number of rotatable bonds is 4. The summed E-state index contributed by atoms with van der Waals surface area (Å²) in [6.07, 6.45) is 3.62. The molecule has 0 aliphatic heterocycles. The fourth-order valence-electron chi connectivity index (χ4n) is 2.54. The van der Waals surface area contributed by atoms with Crippen LogP contribution in [0.3, 0.4) is 0 Å². The van der Waals surface area contributed by atoms with E-state index in [1.54, 1.807) is 28.1 Å². The second kappa shape index (κ2) is 5.99. The fraction of sp³-hybridized carbons (Fsp3) is 0.250. The molecular weight excluding hydrogens is 344 g/mol. The summed E-state index contributed by atoms with van der Waals surface area (Å²) in [5.41, 5.74) is 2.77. The molecule has 122 valence electrons. The molecule has 24 heavy (non-hydrogen) atoms. The number of fused-ring (bicyclic) bond motifs is 2. The van der Waals surface area contributed by atoms with Crippen LogP contribution in [0.4, 0.5) is 5.82 Å². The lowest BCUT2D eigenvalue weighted by atomic mass is 10.1. The molecule has 0 atom stereocenters. The number of anilines is 1. The second-order valence-electron chi connectivity index (χ2n) is 5.74. The number of hydrogen-bond donors (Lipinski definition) is 1. The van der Waals surface area contributed by atoms with Gasteiger partial charge < -0.3 is 5.32 Å². The van der Waals surface area contributed by atoms with Gasteiger partial charge in [-0.3, -0.25) is 0 Å². The van der Waals surface area contributed by atoms with E-state index in [1.165, 1.54) is 0 Å². The monoisotopic (exact) mass is 358 g/mol. The van der Waals surface area contributed by atoms with Gasteiger partial charge in [0, 0.05) is 17.8 Å². The number of nitrogens with zero attached hydrogens (tertiary/aromatic N) is 5. The van der Waals surface area contributed by atoms with E-state index < -0.39 is 0 Å². The summed E-state index contributed by atoms with van der Waals surface area (Å²) in [6, 6.07) is 5.63. The predicted octanol–water partition coefficient (Wildman–Crippen LogP) is 4.12. The van der Waals surface area contributed by atoms with Crippen molar-refractivity contribution in [2.24, 2.45) is 0 Å². The zero-order valence-electron chi connectivity index (χ0n) is 13.2. The van der Waals surface area contributed by atoms with Crippen LogP contribution >= 0.6 is 22.9 Å². The first-order valence-electron chi connectivity index (χ1n) is 7.60. The molecule has 4 aromatic heterocycles. The second-order valence-corrected chi connectivity index (χ2v) is 7.19. The molecule has 6 nitrogen and oxygen atoms in total. The largest absolute Gasteiger partial charge is 0.363 e. The number of pyridine rings is 1. The Bertz CT molecular complexity index is 989. The molecule has 0 spiro atoms. The normalized spacial score (nSPS) is 11.7. The van der Waals surface area contributed by atoms with Crippen molar-refractivity contribution in [1.82, 2.24) is 24.6 Å². The van der Waals surface area contributed by atoms with Crippen LogP contribution in [0.5, 0.6) is 0 Å². The Morgan fingerprint density at radius 3 is 3.00 bits per heavy atom. The molecule has 0 radical (unpaired) electrons. The first kappa shape index (κ1) is 15.3. The predicted molar refractivity (Wildman–Crippen MR) is 96.8 cm³/mol.